The summed E-state index contributed by atoms with van der Waals surface area (Å²) in [5.41, 5.74) is 0.0612. The summed E-state index contributed by atoms with van der Waals surface area (Å²) >= 11 is 3.06. The van der Waals surface area contributed by atoms with Gasteiger partial charge in [-0.3, -0.25) is 4.90 Å². The van der Waals surface area contributed by atoms with Gasteiger partial charge in [0.05, 0.1) is 10.6 Å². The minimum absolute atomic E-state index is 0.0612. The van der Waals surface area contributed by atoms with Crippen molar-refractivity contribution in [3.05, 3.63) is 33.8 Å². The van der Waals surface area contributed by atoms with E-state index >= 15 is 0 Å². The number of aliphatic hydroxyl groups excluding tert-OH is 1. The largest absolute Gasteiger partial charge is 0.392 e. The van der Waals surface area contributed by atoms with Gasteiger partial charge in [0.1, 0.15) is 11.6 Å². The maximum atomic E-state index is 13.8. The highest BCUT2D eigenvalue weighted by molar-refractivity contribution is 9.10. The first-order chi connectivity index (χ1) is 8.49. The predicted molar refractivity (Wildman–Crippen MR) is 69.1 cm³/mol. The van der Waals surface area contributed by atoms with E-state index < -0.39 is 17.7 Å². The zero-order valence-electron chi connectivity index (χ0n) is 10.2. The van der Waals surface area contributed by atoms with Crippen LogP contribution in [0.2, 0.25) is 0 Å². The van der Waals surface area contributed by atoms with Crippen molar-refractivity contribution in [3.63, 3.8) is 0 Å². The topological polar surface area (TPSA) is 23.5 Å². The van der Waals surface area contributed by atoms with Crippen LogP contribution in [0.25, 0.3) is 0 Å². The Labute approximate surface area is 114 Å². The van der Waals surface area contributed by atoms with Crippen LogP contribution >= 0.6 is 15.9 Å². The van der Waals surface area contributed by atoms with E-state index in [0.29, 0.717) is 6.54 Å². The molecule has 2 nitrogen and oxygen atoms in total. The molecular weight excluding hydrogens is 304 g/mol. The van der Waals surface area contributed by atoms with E-state index in [-0.39, 0.29) is 22.5 Å². The number of aliphatic hydroxyl groups is 1. The van der Waals surface area contributed by atoms with E-state index in [9.17, 15) is 13.9 Å². The summed E-state index contributed by atoms with van der Waals surface area (Å²) in [6.07, 6.45) is 0.426. The average Bonchev–Trinajstić information content (AvgIpc) is 2.34. The third-order valence-electron chi connectivity index (χ3n) is 3.52. The summed E-state index contributed by atoms with van der Waals surface area (Å²) in [6.45, 7) is 3.40. The van der Waals surface area contributed by atoms with Gasteiger partial charge in [-0.15, -0.1) is 0 Å². The Bertz CT molecular complexity index is 441. The monoisotopic (exact) mass is 319 g/mol. The van der Waals surface area contributed by atoms with Crippen molar-refractivity contribution < 1.29 is 13.9 Å². The number of rotatable bonds is 2. The summed E-state index contributed by atoms with van der Waals surface area (Å²) in [5, 5.41) is 9.78. The second-order valence-corrected chi connectivity index (χ2v) is 5.74. The maximum Gasteiger partial charge on any atom is 0.144 e. The summed E-state index contributed by atoms with van der Waals surface area (Å²) < 4.78 is 27.7. The number of β-amino-alcohol motifs (C(OH)–C–C–N with tert-alkyl or cyclic N) is 1. The van der Waals surface area contributed by atoms with Crippen molar-refractivity contribution in [3.8, 4) is 0 Å². The van der Waals surface area contributed by atoms with Crippen LogP contribution in [0, 0.1) is 17.6 Å². The first-order valence-electron chi connectivity index (χ1n) is 6.02. The molecule has 18 heavy (non-hydrogen) atoms. The summed E-state index contributed by atoms with van der Waals surface area (Å²) in [4.78, 5) is 1.89. The molecule has 0 spiro atoms. The fraction of sp³-hybridized carbons (Fsp3) is 0.538. The molecule has 0 aromatic heterocycles. The minimum Gasteiger partial charge on any atom is -0.392 e. The fourth-order valence-electron chi connectivity index (χ4n) is 2.20. The quantitative estimate of drug-likeness (QED) is 0.847. The van der Waals surface area contributed by atoms with Crippen molar-refractivity contribution in [2.24, 2.45) is 5.92 Å². The number of hydrogen-bond acceptors (Lipinski definition) is 2. The molecule has 1 aliphatic rings. The predicted octanol–water partition coefficient (Wildman–Crippen LogP) is 2.93. The molecule has 0 aliphatic carbocycles. The number of likely N-dealkylation sites (tertiary alicyclic amines) is 1. The van der Waals surface area contributed by atoms with E-state index in [0.717, 1.165) is 13.0 Å². The van der Waals surface area contributed by atoms with Gasteiger partial charge in [0, 0.05) is 18.7 Å². The SMILES string of the molecule is CC1CCN(Cc2c(F)ccc(Br)c2F)CC1O. The Morgan fingerprint density at radius 1 is 1.44 bits per heavy atom. The molecule has 1 aliphatic heterocycles. The summed E-state index contributed by atoms with van der Waals surface area (Å²) in [5.74, 6) is -0.842. The average molecular weight is 320 g/mol. The third-order valence-corrected chi connectivity index (χ3v) is 4.14. The van der Waals surface area contributed by atoms with Gasteiger partial charge in [-0.25, -0.2) is 8.78 Å². The molecule has 0 saturated carbocycles. The molecular formula is C13H16BrF2NO. The van der Waals surface area contributed by atoms with Gasteiger partial charge in [-0.1, -0.05) is 6.92 Å². The zero-order valence-corrected chi connectivity index (χ0v) is 11.8. The van der Waals surface area contributed by atoms with Crippen LogP contribution in [0.1, 0.15) is 18.9 Å². The van der Waals surface area contributed by atoms with Gasteiger partial charge >= 0.3 is 0 Å². The maximum absolute atomic E-state index is 13.8. The molecule has 1 aromatic rings. The van der Waals surface area contributed by atoms with E-state index in [1.165, 1.54) is 12.1 Å². The first-order valence-corrected chi connectivity index (χ1v) is 6.81. The Morgan fingerprint density at radius 2 is 2.17 bits per heavy atom. The van der Waals surface area contributed by atoms with E-state index in [1.54, 1.807) is 0 Å². The third kappa shape index (κ3) is 2.90. The molecule has 0 radical (unpaired) electrons. The lowest BCUT2D eigenvalue weighted by Gasteiger charge is -2.34. The Hall–Kier alpha value is -0.520. The first kappa shape index (κ1) is 13.9. The number of nitrogens with zero attached hydrogens (tertiary/aromatic N) is 1. The normalized spacial score (nSPS) is 25.4. The second kappa shape index (κ2) is 5.63. The number of hydrogen-bond donors (Lipinski definition) is 1. The Kier molecular flexibility index (Phi) is 4.35. The Morgan fingerprint density at radius 3 is 2.83 bits per heavy atom. The molecule has 100 valence electrons. The molecule has 2 atom stereocenters. The van der Waals surface area contributed by atoms with Gasteiger partial charge in [0.15, 0.2) is 0 Å². The van der Waals surface area contributed by atoms with Gasteiger partial charge < -0.3 is 5.11 Å². The zero-order chi connectivity index (χ0) is 13.3. The number of benzene rings is 1. The van der Waals surface area contributed by atoms with Crippen molar-refractivity contribution in [2.45, 2.75) is 26.0 Å². The number of piperidine rings is 1. The van der Waals surface area contributed by atoms with Crippen molar-refractivity contribution in [1.29, 1.82) is 0 Å². The van der Waals surface area contributed by atoms with Gasteiger partial charge in [0.25, 0.3) is 0 Å². The lowest BCUT2D eigenvalue weighted by Crippen LogP contribution is -2.42. The molecule has 0 amide bonds. The Balaban J connectivity index is 2.13. The van der Waals surface area contributed by atoms with E-state index in [2.05, 4.69) is 15.9 Å². The molecule has 1 saturated heterocycles. The van der Waals surface area contributed by atoms with Gasteiger partial charge in [-0.2, -0.15) is 0 Å². The highest BCUT2D eigenvalue weighted by Crippen LogP contribution is 2.25. The minimum atomic E-state index is -0.553. The van der Waals surface area contributed by atoms with Crippen molar-refractivity contribution in [2.75, 3.05) is 13.1 Å². The van der Waals surface area contributed by atoms with Crippen LogP contribution in [0.15, 0.2) is 16.6 Å². The van der Waals surface area contributed by atoms with Crippen LogP contribution < -0.4 is 0 Å². The highest BCUT2D eigenvalue weighted by Gasteiger charge is 2.25. The molecule has 5 heteroatoms. The smallest absolute Gasteiger partial charge is 0.144 e. The van der Waals surface area contributed by atoms with Crippen molar-refractivity contribution >= 4 is 15.9 Å². The van der Waals surface area contributed by atoms with Crippen LogP contribution in [-0.4, -0.2) is 29.2 Å². The number of halogens is 3. The van der Waals surface area contributed by atoms with Crippen LogP contribution in [0.5, 0.6) is 0 Å². The second-order valence-electron chi connectivity index (χ2n) is 4.89. The van der Waals surface area contributed by atoms with Gasteiger partial charge in [0.2, 0.25) is 0 Å². The molecule has 1 heterocycles. The molecule has 1 aromatic carbocycles. The van der Waals surface area contributed by atoms with Crippen LogP contribution in [0.4, 0.5) is 8.78 Å². The highest BCUT2D eigenvalue weighted by atomic mass is 79.9. The molecule has 0 bridgehead atoms. The molecule has 2 unspecified atom stereocenters. The van der Waals surface area contributed by atoms with Crippen LogP contribution in [0.3, 0.4) is 0 Å². The summed E-state index contributed by atoms with van der Waals surface area (Å²) in [6, 6.07) is 2.62. The lowest BCUT2D eigenvalue weighted by atomic mass is 9.95. The van der Waals surface area contributed by atoms with E-state index in [4.69, 9.17) is 0 Å². The molecule has 1 N–H and O–H groups in total. The van der Waals surface area contributed by atoms with Crippen molar-refractivity contribution in [1.82, 2.24) is 4.90 Å². The molecule has 2 rings (SSSR count). The fourth-order valence-corrected chi connectivity index (χ4v) is 2.57. The standard InChI is InChI=1S/C13H16BrF2NO/c1-8-4-5-17(7-12(8)18)6-9-11(15)3-2-10(14)13(9)16/h2-3,8,12,18H,4-7H2,1H3. The van der Waals surface area contributed by atoms with E-state index in [1.807, 2.05) is 11.8 Å². The summed E-state index contributed by atoms with van der Waals surface area (Å²) in [7, 11) is 0. The van der Waals surface area contributed by atoms with Crippen LogP contribution in [-0.2, 0) is 6.54 Å². The lowest BCUT2D eigenvalue weighted by molar-refractivity contribution is 0.0250. The molecule has 1 fully saturated rings. The van der Waals surface area contributed by atoms with Gasteiger partial charge in [-0.05, 0) is 46.9 Å².